The van der Waals surface area contributed by atoms with E-state index in [9.17, 15) is 18.9 Å². The van der Waals surface area contributed by atoms with Crippen molar-refractivity contribution in [2.75, 3.05) is 73.7 Å². The van der Waals surface area contributed by atoms with Crippen LogP contribution in [0.4, 0.5) is 17.3 Å². The molecule has 1 aliphatic carbocycles. The summed E-state index contributed by atoms with van der Waals surface area (Å²) >= 11 is 12.4. The summed E-state index contributed by atoms with van der Waals surface area (Å²) in [6.07, 6.45) is 22.9. The van der Waals surface area contributed by atoms with Gasteiger partial charge in [0.05, 0.1) is 45.1 Å². The minimum Gasteiger partial charge on any atom is -0.385 e. The van der Waals surface area contributed by atoms with Crippen LogP contribution in [0.1, 0.15) is 103 Å². The van der Waals surface area contributed by atoms with Gasteiger partial charge in [-0.1, -0.05) is 42.5 Å². The summed E-state index contributed by atoms with van der Waals surface area (Å²) in [4.78, 5) is 36.3. The molecular formula is C62H81Cl2N11O4S. The lowest BCUT2D eigenvalue weighted by Crippen LogP contribution is -2.61. The van der Waals surface area contributed by atoms with Crippen molar-refractivity contribution in [2.24, 2.45) is 0 Å². The van der Waals surface area contributed by atoms with Gasteiger partial charge in [0, 0.05) is 140 Å². The summed E-state index contributed by atoms with van der Waals surface area (Å²) in [5.74, 6) is 6.08. The molecule has 1 saturated carbocycles. The predicted octanol–water partition coefficient (Wildman–Crippen LogP) is 11.3. The van der Waals surface area contributed by atoms with Gasteiger partial charge in [-0.15, -0.1) is 0 Å². The van der Waals surface area contributed by atoms with E-state index >= 15 is 0 Å². The Bertz CT molecular complexity index is 3480. The van der Waals surface area contributed by atoms with Gasteiger partial charge in [-0.3, -0.25) is 18.2 Å². The number of anilines is 3. The second kappa shape index (κ2) is 23.7. The minimum atomic E-state index is -2.09. The SMILES string of the molecule is C=S(C)(=O)N1CCC(Nc2cc(Cl)cc3cncn23)CC1.CC(=O)N1CCN(c2cc(C)cn3cccc23)CC1(C)C.CC(=O)N1CCN(c2cc(Cl)cc3cccn23)CC1(C)C.Cc1cc(C2(O)CCCCC2)c2cccn2c1. The Morgan fingerprint density at radius 3 is 1.89 bits per heavy atom. The van der Waals surface area contributed by atoms with E-state index in [1.165, 1.54) is 28.8 Å². The van der Waals surface area contributed by atoms with Gasteiger partial charge in [0.15, 0.2) is 0 Å². The number of hydrogen-bond donors (Lipinski definition) is 2. The lowest BCUT2D eigenvalue weighted by molar-refractivity contribution is -0.135. The smallest absolute Gasteiger partial charge is 0.220 e. The van der Waals surface area contributed by atoms with Crippen LogP contribution in [0.25, 0.3) is 22.1 Å². The third-order valence-electron chi connectivity index (χ3n) is 16.3. The number of amides is 2. The largest absolute Gasteiger partial charge is 0.385 e. The number of rotatable bonds is 6. The first-order valence-electron chi connectivity index (χ1n) is 28.1. The van der Waals surface area contributed by atoms with Crippen LogP contribution in [0.2, 0.25) is 10.0 Å². The summed E-state index contributed by atoms with van der Waals surface area (Å²) in [7, 11) is -2.09. The number of imidazole rings is 1. The monoisotopic (exact) mass is 1150 g/mol. The molecule has 1 atom stereocenters. The molecule has 2 N–H and O–H groups in total. The van der Waals surface area contributed by atoms with Crippen LogP contribution in [0, 0.1) is 13.8 Å². The third-order valence-corrected chi connectivity index (χ3v) is 18.2. The van der Waals surface area contributed by atoms with E-state index in [-0.39, 0.29) is 22.9 Å². The van der Waals surface area contributed by atoms with Crippen LogP contribution in [-0.4, -0.2) is 139 Å². The number of nitrogens with zero attached hydrogens (tertiary/aromatic N) is 10. The van der Waals surface area contributed by atoms with Crippen molar-refractivity contribution in [2.45, 2.75) is 123 Å². The summed E-state index contributed by atoms with van der Waals surface area (Å²) in [6, 6.07) is 24.9. The quantitative estimate of drug-likeness (QED) is 0.158. The van der Waals surface area contributed by atoms with Crippen molar-refractivity contribution in [1.82, 2.24) is 36.7 Å². The zero-order chi connectivity index (χ0) is 57.3. The molecule has 3 aliphatic heterocycles. The first-order chi connectivity index (χ1) is 37.9. The molecule has 0 radical (unpaired) electrons. The molecule has 2 amide bonds. The molecule has 12 rings (SSSR count). The lowest BCUT2D eigenvalue weighted by atomic mass is 9.79. The maximum atomic E-state index is 12.0. The van der Waals surface area contributed by atoms with Crippen molar-refractivity contribution in [3.63, 3.8) is 0 Å². The molecule has 0 spiro atoms. The number of halogens is 2. The second-order valence-electron chi connectivity index (χ2n) is 23.7. The average Bonchev–Trinajstić information content (AvgIpc) is 4.33. The molecule has 428 valence electrons. The Balaban J connectivity index is 0.000000129. The molecule has 4 fully saturated rings. The number of aromatic nitrogens is 5. The zero-order valence-electron chi connectivity index (χ0n) is 48.2. The molecule has 3 saturated heterocycles. The first-order valence-corrected chi connectivity index (χ1v) is 30.9. The summed E-state index contributed by atoms with van der Waals surface area (Å²) in [5.41, 5.74) is 8.34. The number of hydrogen-bond acceptors (Lipinski definition) is 8. The van der Waals surface area contributed by atoms with Gasteiger partial charge in [0.25, 0.3) is 0 Å². The van der Waals surface area contributed by atoms with Crippen molar-refractivity contribution >= 4 is 90.0 Å². The lowest BCUT2D eigenvalue weighted by Gasteiger charge is -2.47. The Morgan fingerprint density at radius 1 is 0.700 bits per heavy atom. The summed E-state index contributed by atoms with van der Waals surface area (Å²) in [6.45, 7) is 22.5. The normalized spacial score (nSPS) is 19.1. The molecule has 15 nitrogen and oxygen atoms in total. The molecule has 0 aromatic carbocycles. The first kappa shape index (κ1) is 58.5. The fraction of sp³-hybridized carbons (Fsp3) is 0.452. The van der Waals surface area contributed by atoms with Gasteiger partial charge in [0.2, 0.25) is 11.8 Å². The maximum Gasteiger partial charge on any atom is 0.220 e. The van der Waals surface area contributed by atoms with E-state index < -0.39 is 15.3 Å². The minimum absolute atomic E-state index is 0.136. The van der Waals surface area contributed by atoms with Crippen LogP contribution in [0.5, 0.6) is 0 Å². The molecular weight excluding hydrogens is 1070 g/mol. The highest BCUT2D eigenvalue weighted by molar-refractivity contribution is 7.97. The van der Waals surface area contributed by atoms with Crippen LogP contribution < -0.4 is 15.1 Å². The van der Waals surface area contributed by atoms with Crippen LogP contribution in [0.15, 0.2) is 116 Å². The molecule has 8 aromatic heterocycles. The second-order valence-corrected chi connectivity index (χ2v) is 27.0. The molecule has 18 heteroatoms. The fourth-order valence-corrected chi connectivity index (χ4v) is 13.9. The third kappa shape index (κ3) is 13.1. The van der Waals surface area contributed by atoms with Gasteiger partial charge in [-0.2, -0.15) is 0 Å². The van der Waals surface area contributed by atoms with E-state index in [2.05, 4.69) is 136 Å². The molecule has 80 heavy (non-hydrogen) atoms. The van der Waals surface area contributed by atoms with E-state index in [4.69, 9.17) is 23.2 Å². The Kier molecular flexibility index (Phi) is 17.3. The molecule has 1 unspecified atom stereocenters. The van der Waals surface area contributed by atoms with Crippen molar-refractivity contribution in [1.29, 1.82) is 0 Å². The topological polar surface area (TPSA) is 130 Å². The number of carbonyl (C=O) groups is 2. The van der Waals surface area contributed by atoms with Gasteiger partial charge >= 0.3 is 0 Å². The predicted molar refractivity (Wildman–Crippen MR) is 331 cm³/mol. The standard InChI is InChI=1S/C17H23N3O.C16H20ClN3O.C15H19NO.C14H19ClN4OS/c1-13-10-16(15-6-5-7-18(15)11-13)19-8-9-20(14(2)21)17(3,4)12-19;1-12(21)20-8-7-18(11-16(20,2)3)15-10-13(17)9-14-5-4-6-19(14)15;1-12-10-13(14-6-5-9-16(14)11-12)15(17)7-3-2-4-8-15;1-21(2,20)18-5-3-12(4-6-18)17-14-8-11(15)7-13-9-16-10-19(13)14/h5-7,10-11H,8-9,12H2,1-4H3;4-6,9-10H,7-8,11H2,1-3H3;5-6,9-11,17H,2-4,7-8H2,1H3;7-10,12,17H,1,3-6H2,2H3. The number of aryl methyl sites for hydroxylation is 2. The summed E-state index contributed by atoms with van der Waals surface area (Å²) in [5, 5.41) is 15.8. The number of piperidine rings is 1. The molecule has 0 bridgehead atoms. The number of pyridine rings is 4. The summed E-state index contributed by atoms with van der Waals surface area (Å²) < 4.78 is 22.4. The van der Waals surface area contributed by atoms with E-state index in [0.29, 0.717) is 11.1 Å². The van der Waals surface area contributed by atoms with Crippen LogP contribution >= 0.6 is 23.2 Å². The number of fused-ring (bicyclic) bond motifs is 4. The van der Waals surface area contributed by atoms with Crippen LogP contribution in [-0.2, 0) is 24.9 Å². The highest BCUT2D eigenvalue weighted by Crippen LogP contribution is 2.40. The number of carbonyl (C=O) groups excluding carboxylic acids is 2. The fourth-order valence-electron chi connectivity index (χ4n) is 12.5. The van der Waals surface area contributed by atoms with Crippen molar-refractivity contribution in [3.8, 4) is 0 Å². The molecule has 8 aromatic rings. The average molecular weight is 1150 g/mol. The highest BCUT2D eigenvalue weighted by Gasteiger charge is 2.38. The maximum absolute atomic E-state index is 12.0. The zero-order valence-corrected chi connectivity index (χ0v) is 50.5. The van der Waals surface area contributed by atoms with Gasteiger partial charge in [0.1, 0.15) is 18.0 Å². The van der Waals surface area contributed by atoms with Gasteiger partial charge in [-0.25, -0.2) is 9.29 Å². The number of aliphatic hydroxyl groups is 1. The van der Waals surface area contributed by atoms with Crippen molar-refractivity contribution in [3.05, 3.63) is 143 Å². The Hall–Kier alpha value is -6.17. The number of nitrogens with one attached hydrogen (secondary N) is 1. The Morgan fingerprint density at radius 2 is 1.26 bits per heavy atom. The van der Waals surface area contributed by atoms with E-state index in [1.807, 2.05) is 67.2 Å². The number of piperazine rings is 2. The van der Waals surface area contributed by atoms with Crippen LogP contribution in [0.3, 0.4) is 0 Å². The van der Waals surface area contributed by atoms with Gasteiger partial charge < -0.3 is 43.2 Å². The molecule has 4 aliphatic rings. The molecule has 11 heterocycles. The van der Waals surface area contributed by atoms with E-state index in [1.54, 1.807) is 32.6 Å². The van der Waals surface area contributed by atoms with Gasteiger partial charge in [-0.05, 0) is 157 Å². The Labute approximate surface area is 482 Å². The van der Waals surface area contributed by atoms with Crippen molar-refractivity contribution < 1.29 is 18.9 Å². The van der Waals surface area contributed by atoms with E-state index in [0.717, 1.165) is 130 Å². The highest BCUT2D eigenvalue weighted by atomic mass is 35.5.